The molecule has 5 heteroatoms. The van der Waals surface area contributed by atoms with E-state index in [0.717, 1.165) is 5.56 Å². The fourth-order valence-corrected chi connectivity index (χ4v) is 1.44. The first-order valence-corrected chi connectivity index (χ1v) is 4.99. The Balaban J connectivity index is 2.61. The monoisotopic (exact) mass is 233 g/mol. The van der Waals surface area contributed by atoms with Crippen molar-refractivity contribution in [2.75, 3.05) is 13.2 Å². The molecule has 2 nitrogen and oxygen atoms in total. The molecular formula is C11H14F3NO. The van der Waals surface area contributed by atoms with Gasteiger partial charge >= 0.3 is 6.18 Å². The number of halogens is 3. The van der Waals surface area contributed by atoms with Gasteiger partial charge < -0.3 is 10.4 Å². The number of benzene rings is 1. The largest absolute Gasteiger partial charge is 0.401 e. The lowest BCUT2D eigenvalue weighted by Crippen LogP contribution is -2.32. The summed E-state index contributed by atoms with van der Waals surface area (Å²) in [6.45, 7) is -1.20. The van der Waals surface area contributed by atoms with E-state index in [-0.39, 0.29) is 13.0 Å². The van der Waals surface area contributed by atoms with Crippen LogP contribution in [0.5, 0.6) is 0 Å². The zero-order chi connectivity index (χ0) is 12.0. The number of rotatable bonds is 5. The second kappa shape index (κ2) is 5.86. The van der Waals surface area contributed by atoms with Crippen LogP contribution in [0.25, 0.3) is 0 Å². The zero-order valence-corrected chi connectivity index (χ0v) is 8.67. The molecule has 0 bridgehead atoms. The van der Waals surface area contributed by atoms with Crippen LogP contribution < -0.4 is 5.32 Å². The highest BCUT2D eigenvalue weighted by molar-refractivity contribution is 5.18. The summed E-state index contributed by atoms with van der Waals surface area (Å²) in [5.41, 5.74) is 0.751. The predicted octanol–water partition coefficient (Wildman–Crippen LogP) is 2.26. The van der Waals surface area contributed by atoms with Crippen molar-refractivity contribution < 1.29 is 18.3 Å². The van der Waals surface area contributed by atoms with Crippen molar-refractivity contribution >= 4 is 0 Å². The highest BCUT2D eigenvalue weighted by Crippen LogP contribution is 2.19. The van der Waals surface area contributed by atoms with E-state index in [2.05, 4.69) is 5.32 Å². The summed E-state index contributed by atoms with van der Waals surface area (Å²) in [6, 6.07) is 8.33. The average molecular weight is 233 g/mol. The Morgan fingerprint density at radius 3 is 2.31 bits per heavy atom. The van der Waals surface area contributed by atoms with Gasteiger partial charge in [-0.15, -0.1) is 0 Å². The molecule has 1 rings (SSSR count). The van der Waals surface area contributed by atoms with Crippen LogP contribution >= 0.6 is 0 Å². The summed E-state index contributed by atoms with van der Waals surface area (Å²) in [7, 11) is 0. The van der Waals surface area contributed by atoms with Crippen LogP contribution in [0.2, 0.25) is 0 Å². The third-order valence-corrected chi connectivity index (χ3v) is 2.17. The quantitative estimate of drug-likeness (QED) is 0.817. The van der Waals surface area contributed by atoms with Gasteiger partial charge in [0.2, 0.25) is 0 Å². The van der Waals surface area contributed by atoms with Gasteiger partial charge in [-0.2, -0.15) is 13.2 Å². The van der Waals surface area contributed by atoms with Crippen molar-refractivity contribution in [2.24, 2.45) is 0 Å². The minimum absolute atomic E-state index is 0.148. The van der Waals surface area contributed by atoms with Crippen molar-refractivity contribution in [3.05, 3.63) is 35.9 Å². The van der Waals surface area contributed by atoms with Crippen molar-refractivity contribution in [3.63, 3.8) is 0 Å². The lowest BCUT2D eigenvalue weighted by molar-refractivity contribution is -0.126. The molecule has 16 heavy (non-hydrogen) atoms. The van der Waals surface area contributed by atoms with Gasteiger partial charge in [0.1, 0.15) is 0 Å². The van der Waals surface area contributed by atoms with Crippen LogP contribution in [-0.4, -0.2) is 24.4 Å². The van der Waals surface area contributed by atoms with Gasteiger partial charge in [0, 0.05) is 12.6 Å². The number of nitrogens with one attached hydrogen (secondary N) is 1. The molecule has 0 unspecified atom stereocenters. The lowest BCUT2D eigenvalue weighted by atomic mass is 10.0. The molecule has 0 aliphatic carbocycles. The summed E-state index contributed by atoms with van der Waals surface area (Å²) in [6.07, 6.45) is -3.97. The Morgan fingerprint density at radius 1 is 1.19 bits per heavy atom. The standard InChI is InChI=1S/C11H14F3NO/c12-11(13,14)8-15-10(6-7-16)9-4-2-1-3-5-9/h1-5,10,15-16H,6-8H2/t10-/m1/s1. The smallest absolute Gasteiger partial charge is 0.396 e. The van der Waals surface area contributed by atoms with Gasteiger partial charge in [-0.25, -0.2) is 0 Å². The van der Waals surface area contributed by atoms with E-state index in [1.54, 1.807) is 30.3 Å². The molecular weight excluding hydrogens is 219 g/mol. The molecule has 90 valence electrons. The number of aliphatic hydroxyl groups is 1. The summed E-state index contributed by atoms with van der Waals surface area (Å²) < 4.78 is 36.1. The van der Waals surface area contributed by atoms with Crippen molar-refractivity contribution in [2.45, 2.75) is 18.6 Å². The molecule has 0 heterocycles. The Hall–Kier alpha value is -1.07. The maximum absolute atomic E-state index is 12.0. The normalized spacial score (nSPS) is 13.8. The lowest BCUT2D eigenvalue weighted by Gasteiger charge is -2.19. The van der Waals surface area contributed by atoms with E-state index in [0.29, 0.717) is 0 Å². The maximum atomic E-state index is 12.0. The third-order valence-electron chi connectivity index (χ3n) is 2.17. The number of hydrogen-bond donors (Lipinski definition) is 2. The molecule has 0 aliphatic heterocycles. The van der Waals surface area contributed by atoms with Gasteiger partial charge in [0.05, 0.1) is 6.54 Å². The fraction of sp³-hybridized carbons (Fsp3) is 0.455. The molecule has 1 aromatic rings. The molecule has 2 N–H and O–H groups in total. The summed E-state index contributed by atoms with van der Waals surface area (Å²) in [5.74, 6) is 0. The van der Waals surface area contributed by atoms with Gasteiger partial charge in [0.15, 0.2) is 0 Å². The minimum Gasteiger partial charge on any atom is -0.396 e. The molecule has 0 saturated heterocycles. The molecule has 0 aliphatic rings. The minimum atomic E-state index is -4.23. The van der Waals surface area contributed by atoms with Crippen LogP contribution in [0.3, 0.4) is 0 Å². The van der Waals surface area contributed by atoms with E-state index in [1.165, 1.54) is 0 Å². The number of alkyl halides is 3. The molecule has 0 aromatic heterocycles. The van der Waals surface area contributed by atoms with Crippen molar-refractivity contribution in [1.82, 2.24) is 5.32 Å². The highest BCUT2D eigenvalue weighted by atomic mass is 19.4. The van der Waals surface area contributed by atoms with Crippen molar-refractivity contribution in [1.29, 1.82) is 0 Å². The van der Waals surface area contributed by atoms with Gasteiger partial charge in [-0.3, -0.25) is 0 Å². The first-order chi connectivity index (χ1) is 7.53. The van der Waals surface area contributed by atoms with Crippen LogP contribution in [0, 0.1) is 0 Å². The molecule has 0 amide bonds. The zero-order valence-electron chi connectivity index (χ0n) is 8.67. The number of aliphatic hydroxyl groups excluding tert-OH is 1. The summed E-state index contributed by atoms with van der Waals surface area (Å²) in [4.78, 5) is 0. The molecule has 0 spiro atoms. The van der Waals surface area contributed by atoms with Crippen LogP contribution in [0.15, 0.2) is 30.3 Å². The number of hydrogen-bond acceptors (Lipinski definition) is 2. The van der Waals surface area contributed by atoms with E-state index >= 15 is 0 Å². The van der Waals surface area contributed by atoms with Crippen molar-refractivity contribution in [3.8, 4) is 0 Å². The third kappa shape index (κ3) is 4.63. The molecule has 1 aromatic carbocycles. The van der Waals surface area contributed by atoms with Gasteiger partial charge in [-0.1, -0.05) is 30.3 Å². The average Bonchev–Trinajstić information content (AvgIpc) is 2.24. The van der Waals surface area contributed by atoms with E-state index in [1.807, 2.05) is 0 Å². The van der Waals surface area contributed by atoms with E-state index in [4.69, 9.17) is 5.11 Å². The van der Waals surface area contributed by atoms with Gasteiger partial charge in [0.25, 0.3) is 0 Å². The highest BCUT2D eigenvalue weighted by Gasteiger charge is 2.28. The molecule has 0 fully saturated rings. The summed E-state index contributed by atoms with van der Waals surface area (Å²) in [5, 5.41) is 11.2. The Labute approximate surface area is 92.1 Å². The van der Waals surface area contributed by atoms with E-state index < -0.39 is 18.8 Å². The van der Waals surface area contributed by atoms with E-state index in [9.17, 15) is 13.2 Å². The second-order valence-electron chi connectivity index (χ2n) is 3.47. The molecule has 0 radical (unpaired) electrons. The predicted molar refractivity (Wildman–Crippen MR) is 54.9 cm³/mol. The van der Waals surface area contributed by atoms with Crippen LogP contribution in [0.4, 0.5) is 13.2 Å². The van der Waals surface area contributed by atoms with Crippen LogP contribution in [-0.2, 0) is 0 Å². The first kappa shape index (κ1) is 13.0. The summed E-state index contributed by atoms with van der Waals surface area (Å²) >= 11 is 0. The fourth-order valence-electron chi connectivity index (χ4n) is 1.44. The molecule has 1 atom stereocenters. The van der Waals surface area contributed by atoms with Crippen LogP contribution in [0.1, 0.15) is 18.0 Å². The first-order valence-electron chi connectivity index (χ1n) is 4.99. The topological polar surface area (TPSA) is 32.3 Å². The Morgan fingerprint density at radius 2 is 1.81 bits per heavy atom. The second-order valence-corrected chi connectivity index (χ2v) is 3.47. The Bertz CT molecular complexity index is 300. The SMILES string of the molecule is OCC[C@@H](NCC(F)(F)F)c1ccccc1. The molecule has 0 saturated carbocycles. The van der Waals surface area contributed by atoms with Gasteiger partial charge in [-0.05, 0) is 12.0 Å². The maximum Gasteiger partial charge on any atom is 0.401 e. The Kier molecular flexibility index (Phi) is 4.76.